The first-order chi connectivity index (χ1) is 12.8. The van der Waals surface area contributed by atoms with Gasteiger partial charge in [0.15, 0.2) is 5.76 Å². The van der Waals surface area contributed by atoms with Crippen LogP contribution in [0.25, 0.3) is 11.3 Å². The Balaban J connectivity index is 1.81. The molecule has 0 aliphatic carbocycles. The Kier molecular flexibility index (Phi) is 5.08. The molecule has 0 radical (unpaired) electrons. The Hall–Kier alpha value is -3.02. The molecule has 0 bridgehead atoms. The summed E-state index contributed by atoms with van der Waals surface area (Å²) in [7, 11) is 0. The second kappa shape index (κ2) is 7.31. The van der Waals surface area contributed by atoms with E-state index in [1.165, 1.54) is 5.56 Å². The van der Waals surface area contributed by atoms with E-state index in [0.29, 0.717) is 29.3 Å². The Bertz CT molecular complexity index is 936. The zero-order valence-corrected chi connectivity index (χ0v) is 16.3. The molecule has 27 heavy (non-hydrogen) atoms. The number of nitrogens with zero attached hydrogens (tertiary/aromatic N) is 3. The van der Waals surface area contributed by atoms with Crippen LogP contribution in [-0.4, -0.2) is 21.0 Å². The molecule has 6 heteroatoms. The molecule has 0 saturated heterocycles. The number of carbonyl (C=O) groups is 1. The monoisotopic (exact) mass is 364 g/mol. The quantitative estimate of drug-likeness (QED) is 0.757. The lowest BCUT2D eigenvalue weighted by Crippen LogP contribution is -2.24. The molecule has 3 aromatic rings. The van der Waals surface area contributed by atoms with Gasteiger partial charge in [-0.2, -0.15) is 0 Å². The average molecular weight is 364 g/mol. The number of aromatic nitrogens is 3. The summed E-state index contributed by atoms with van der Waals surface area (Å²) in [6.45, 7) is 10.4. The van der Waals surface area contributed by atoms with E-state index in [1.54, 1.807) is 19.3 Å². The van der Waals surface area contributed by atoms with Gasteiger partial charge in [0.05, 0.1) is 29.8 Å². The van der Waals surface area contributed by atoms with Crippen molar-refractivity contribution in [3.8, 4) is 11.3 Å². The number of rotatable bonds is 4. The summed E-state index contributed by atoms with van der Waals surface area (Å²) in [5.74, 6) is 0.228. The molecule has 140 valence electrons. The fraction of sp³-hybridized carbons (Fsp3) is 0.333. The van der Waals surface area contributed by atoms with Gasteiger partial charge < -0.3 is 9.84 Å². The van der Waals surface area contributed by atoms with E-state index in [2.05, 4.69) is 53.3 Å². The maximum absolute atomic E-state index is 12.7. The molecule has 0 atom stereocenters. The largest absolute Gasteiger partial charge is 0.355 e. The molecule has 0 aliphatic heterocycles. The first-order valence-corrected chi connectivity index (χ1v) is 8.88. The van der Waals surface area contributed by atoms with Crippen LogP contribution in [0.1, 0.15) is 53.8 Å². The first-order valence-electron chi connectivity index (χ1n) is 8.88. The topological polar surface area (TPSA) is 80.9 Å². The van der Waals surface area contributed by atoms with Crippen LogP contribution in [-0.2, 0) is 12.0 Å². The predicted octanol–water partition coefficient (Wildman–Crippen LogP) is 3.98. The first kappa shape index (κ1) is 18.8. The van der Waals surface area contributed by atoms with Gasteiger partial charge in [-0.1, -0.05) is 50.2 Å². The van der Waals surface area contributed by atoms with Crippen molar-refractivity contribution in [1.82, 2.24) is 20.4 Å². The van der Waals surface area contributed by atoms with Crippen LogP contribution in [0.5, 0.6) is 0 Å². The minimum absolute atomic E-state index is 0.0607. The number of amides is 1. The van der Waals surface area contributed by atoms with Gasteiger partial charge in [0.1, 0.15) is 5.56 Å². The molecule has 0 fully saturated rings. The van der Waals surface area contributed by atoms with Crippen molar-refractivity contribution < 1.29 is 9.32 Å². The highest BCUT2D eigenvalue weighted by Crippen LogP contribution is 2.29. The summed E-state index contributed by atoms with van der Waals surface area (Å²) in [5, 5.41) is 6.85. The van der Waals surface area contributed by atoms with Gasteiger partial charge in [0, 0.05) is 11.8 Å². The summed E-state index contributed by atoms with van der Waals surface area (Å²) < 4.78 is 5.46. The summed E-state index contributed by atoms with van der Waals surface area (Å²) in [4.78, 5) is 21.2. The lowest BCUT2D eigenvalue weighted by Gasteiger charge is -2.18. The highest BCUT2D eigenvalue weighted by Gasteiger charge is 2.22. The van der Waals surface area contributed by atoms with Gasteiger partial charge >= 0.3 is 0 Å². The molecule has 3 rings (SSSR count). The molecule has 0 unspecified atom stereocenters. The minimum Gasteiger partial charge on any atom is -0.355 e. The maximum atomic E-state index is 12.7. The summed E-state index contributed by atoms with van der Waals surface area (Å²) in [6.07, 6.45) is 3.33. The second-order valence-electron chi connectivity index (χ2n) is 7.63. The zero-order valence-electron chi connectivity index (χ0n) is 16.3. The second-order valence-corrected chi connectivity index (χ2v) is 7.63. The molecular formula is C21H24N4O2. The normalized spacial score (nSPS) is 11.4. The van der Waals surface area contributed by atoms with E-state index in [4.69, 9.17) is 4.52 Å². The third-order valence-electron chi connectivity index (χ3n) is 4.37. The summed E-state index contributed by atoms with van der Waals surface area (Å²) in [6, 6.07) is 8.03. The number of hydrogen-bond acceptors (Lipinski definition) is 5. The SMILES string of the molecule is Cc1cnc(CNC(=O)c2c(C)noc2-c2ccc(C(C)(C)C)cc2)cn1. The fourth-order valence-electron chi connectivity index (χ4n) is 2.73. The van der Waals surface area contributed by atoms with E-state index in [0.717, 1.165) is 11.3 Å². The van der Waals surface area contributed by atoms with Gasteiger partial charge in [-0.3, -0.25) is 14.8 Å². The van der Waals surface area contributed by atoms with Gasteiger partial charge in [-0.25, -0.2) is 0 Å². The van der Waals surface area contributed by atoms with Gasteiger partial charge in [0.25, 0.3) is 5.91 Å². The van der Waals surface area contributed by atoms with Crippen LogP contribution in [0.15, 0.2) is 41.2 Å². The number of nitrogens with one attached hydrogen (secondary N) is 1. The Labute approximate surface area is 159 Å². The van der Waals surface area contributed by atoms with Crippen LogP contribution >= 0.6 is 0 Å². The van der Waals surface area contributed by atoms with Crippen molar-refractivity contribution >= 4 is 5.91 Å². The van der Waals surface area contributed by atoms with E-state index in [1.807, 2.05) is 19.1 Å². The Morgan fingerprint density at radius 3 is 2.37 bits per heavy atom. The highest BCUT2D eigenvalue weighted by molar-refractivity contribution is 6.00. The molecule has 6 nitrogen and oxygen atoms in total. The Morgan fingerprint density at radius 2 is 1.78 bits per heavy atom. The van der Waals surface area contributed by atoms with Crippen molar-refractivity contribution in [2.75, 3.05) is 0 Å². The molecule has 1 amide bonds. The van der Waals surface area contributed by atoms with E-state index >= 15 is 0 Å². The standard InChI is InChI=1S/C21H24N4O2/c1-13-10-23-17(11-22-13)12-24-20(26)18-14(2)25-27-19(18)15-6-8-16(9-7-15)21(3,4)5/h6-11H,12H2,1-5H3,(H,24,26). The van der Waals surface area contributed by atoms with Crippen LogP contribution in [0, 0.1) is 13.8 Å². The van der Waals surface area contributed by atoms with Crippen LogP contribution < -0.4 is 5.32 Å². The van der Waals surface area contributed by atoms with Crippen molar-refractivity contribution in [2.45, 2.75) is 46.6 Å². The van der Waals surface area contributed by atoms with Crippen LogP contribution in [0.3, 0.4) is 0 Å². The molecule has 2 heterocycles. The van der Waals surface area contributed by atoms with Gasteiger partial charge in [0.2, 0.25) is 0 Å². The lowest BCUT2D eigenvalue weighted by molar-refractivity contribution is 0.0950. The maximum Gasteiger partial charge on any atom is 0.257 e. The summed E-state index contributed by atoms with van der Waals surface area (Å²) >= 11 is 0. The number of aryl methyl sites for hydroxylation is 2. The minimum atomic E-state index is -0.244. The number of carbonyl (C=O) groups excluding carboxylic acids is 1. The van der Waals surface area contributed by atoms with E-state index in [9.17, 15) is 4.79 Å². The van der Waals surface area contributed by atoms with Crippen LogP contribution in [0.4, 0.5) is 0 Å². The molecule has 1 N–H and O–H groups in total. The third kappa shape index (κ3) is 4.22. The number of benzene rings is 1. The van der Waals surface area contributed by atoms with E-state index < -0.39 is 0 Å². The van der Waals surface area contributed by atoms with Crippen LogP contribution in [0.2, 0.25) is 0 Å². The van der Waals surface area contributed by atoms with Gasteiger partial charge in [-0.15, -0.1) is 0 Å². The van der Waals surface area contributed by atoms with Crippen molar-refractivity contribution in [3.63, 3.8) is 0 Å². The molecular weight excluding hydrogens is 340 g/mol. The zero-order chi connectivity index (χ0) is 19.6. The van der Waals surface area contributed by atoms with Gasteiger partial charge in [-0.05, 0) is 24.8 Å². The molecule has 0 saturated carbocycles. The summed E-state index contributed by atoms with van der Waals surface area (Å²) in [5.41, 5.74) is 4.62. The average Bonchev–Trinajstić information content (AvgIpc) is 3.02. The molecule has 1 aromatic carbocycles. The Morgan fingerprint density at radius 1 is 1.07 bits per heavy atom. The van der Waals surface area contributed by atoms with Crippen molar-refractivity contribution in [3.05, 3.63) is 64.9 Å². The molecule has 2 aromatic heterocycles. The molecule has 0 aliphatic rings. The van der Waals surface area contributed by atoms with Crippen molar-refractivity contribution in [2.24, 2.45) is 0 Å². The highest BCUT2D eigenvalue weighted by atomic mass is 16.5. The fourth-order valence-corrected chi connectivity index (χ4v) is 2.73. The molecule has 0 spiro atoms. The third-order valence-corrected chi connectivity index (χ3v) is 4.37. The number of hydrogen-bond donors (Lipinski definition) is 1. The lowest BCUT2D eigenvalue weighted by atomic mass is 9.86. The van der Waals surface area contributed by atoms with E-state index in [-0.39, 0.29) is 11.3 Å². The predicted molar refractivity (Wildman–Crippen MR) is 103 cm³/mol. The smallest absolute Gasteiger partial charge is 0.257 e. The van der Waals surface area contributed by atoms with Crippen molar-refractivity contribution in [1.29, 1.82) is 0 Å².